The van der Waals surface area contributed by atoms with Crippen molar-refractivity contribution >= 4 is 38.8 Å². The van der Waals surface area contributed by atoms with Crippen LogP contribution in [0.4, 0.5) is 0 Å². The van der Waals surface area contributed by atoms with E-state index in [9.17, 15) is 18.0 Å². The van der Waals surface area contributed by atoms with Crippen LogP contribution in [0.2, 0.25) is 0 Å². The van der Waals surface area contributed by atoms with Crippen LogP contribution in [0.15, 0.2) is 42.0 Å². The largest absolute Gasteiger partial charge is 0.497 e. The molecule has 10 heteroatoms. The summed E-state index contributed by atoms with van der Waals surface area (Å²) in [5.41, 5.74) is 6.22. The number of fused-ring (bicyclic) bond motifs is 6. The number of aromatic nitrogens is 1. The first-order valence-corrected chi connectivity index (χ1v) is 18.5. The molecule has 2 amide bonds. The zero-order valence-electron chi connectivity index (χ0n) is 26.5. The molecule has 2 aromatic carbocycles. The van der Waals surface area contributed by atoms with Gasteiger partial charge in [-0.3, -0.25) is 14.5 Å². The summed E-state index contributed by atoms with van der Waals surface area (Å²) in [6.45, 7) is 3.84. The number of hydrogen-bond acceptors (Lipinski definition) is 6. The summed E-state index contributed by atoms with van der Waals surface area (Å²) in [6, 6.07) is 12.1. The molecule has 0 bridgehead atoms. The van der Waals surface area contributed by atoms with Crippen molar-refractivity contribution < 1.29 is 22.7 Å². The molecule has 46 heavy (non-hydrogen) atoms. The number of benzene rings is 2. The lowest BCUT2D eigenvalue weighted by Gasteiger charge is -2.37. The fraction of sp³-hybridized carbons (Fsp3) is 0.500. The Morgan fingerprint density at radius 2 is 1.74 bits per heavy atom. The molecule has 1 N–H and O–H groups in total. The van der Waals surface area contributed by atoms with Gasteiger partial charge in [0.15, 0.2) is 0 Å². The number of piperazine rings is 1. The third kappa shape index (κ3) is 5.23. The molecular formula is C36H42N4O5S. The number of rotatable bonds is 6. The van der Waals surface area contributed by atoms with Crippen molar-refractivity contribution in [2.45, 2.75) is 81.5 Å². The maximum atomic E-state index is 14.4. The normalized spacial score (nSPS) is 22.1. The maximum Gasteiger partial charge on any atom is 0.264 e. The van der Waals surface area contributed by atoms with Crippen LogP contribution in [0.1, 0.15) is 85.2 Å². The number of amides is 2. The van der Waals surface area contributed by atoms with Gasteiger partial charge in [0.2, 0.25) is 10.0 Å². The molecule has 0 spiro atoms. The number of sulfonamides is 1. The zero-order valence-corrected chi connectivity index (χ0v) is 27.3. The van der Waals surface area contributed by atoms with Gasteiger partial charge >= 0.3 is 0 Å². The topological polar surface area (TPSA) is 101 Å². The summed E-state index contributed by atoms with van der Waals surface area (Å²) in [4.78, 5) is 32.2. The quantitative estimate of drug-likeness (QED) is 0.392. The van der Waals surface area contributed by atoms with E-state index in [0.717, 1.165) is 72.4 Å². The summed E-state index contributed by atoms with van der Waals surface area (Å²) in [6.07, 6.45) is 11.3. The second-order valence-electron chi connectivity index (χ2n) is 13.8. The highest BCUT2D eigenvalue weighted by atomic mass is 32.2. The molecule has 1 atom stereocenters. The first-order chi connectivity index (χ1) is 22.3. The van der Waals surface area contributed by atoms with Crippen LogP contribution in [0.5, 0.6) is 5.75 Å². The van der Waals surface area contributed by atoms with Gasteiger partial charge in [-0.15, -0.1) is 0 Å². The van der Waals surface area contributed by atoms with E-state index >= 15 is 0 Å². The Hall–Kier alpha value is -3.63. The number of hydrogen-bond donors (Lipinski definition) is 1. The lowest BCUT2D eigenvalue weighted by Crippen LogP contribution is -2.52. The van der Waals surface area contributed by atoms with Gasteiger partial charge in [-0.25, -0.2) is 13.1 Å². The fourth-order valence-corrected chi connectivity index (χ4v) is 9.64. The molecular weight excluding hydrogens is 600 g/mol. The van der Waals surface area contributed by atoms with Crippen molar-refractivity contribution in [3.05, 3.63) is 58.7 Å². The van der Waals surface area contributed by atoms with Crippen LogP contribution >= 0.6 is 0 Å². The van der Waals surface area contributed by atoms with E-state index in [1.165, 1.54) is 31.2 Å². The molecule has 9 nitrogen and oxygen atoms in total. The van der Waals surface area contributed by atoms with Crippen molar-refractivity contribution in [2.24, 2.45) is 0 Å². The molecule has 2 aliphatic carbocycles. The van der Waals surface area contributed by atoms with Crippen molar-refractivity contribution in [2.75, 3.05) is 33.3 Å². The fourth-order valence-electron chi connectivity index (χ4n) is 8.34. The van der Waals surface area contributed by atoms with Crippen molar-refractivity contribution in [3.63, 3.8) is 0 Å². The van der Waals surface area contributed by atoms with Crippen LogP contribution in [0.3, 0.4) is 0 Å². The molecule has 3 aromatic rings. The summed E-state index contributed by atoms with van der Waals surface area (Å²) < 4.78 is 35.5. The number of carbonyl (C=O) groups is 2. The van der Waals surface area contributed by atoms with E-state index in [-0.39, 0.29) is 5.91 Å². The van der Waals surface area contributed by atoms with Gasteiger partial charge in [0.1, 0.15) is 5.75 Å². The van der Waals surface area contributed by atoms with Crippen LogP contribution < -0.4 is 9.46 Å². The van der Waals surface area contributed by atoms with E-state index in [1.54, 1.807) is 13.2 Å². The Kier molecular flexibility index (Phi) is 7.48. The molecule has 2 saturated carbocycles. The highest BCUT2D eigenvalue weighted by Gasteiger charge is 2.38. The molecule has 1 aromatic heterocycles. The maximum absolute atomic E-state index is 14.4. The lowest BCUT2D eigenvalue weighted by molar-refractivity contribution is -0.129. The van der Waals surface area contributed by atoms with Gasteiger partial charge in [0, 0.05) is 53.3 Å². The Morgan fingerprint density at radius 3 is 2.52 bits per heavy atom. The Balaban J connectivity index is 1.27. The molecule has 4 fully saturated rings. The second-order valence-corrected chi connectivity index (χ2v) is 15.8. The minimum absolute atomic E-state index is 0.0543. The number of ether oxygens (including phenoxy) is 1. The standard InChI is InChI=1S/C36H42N4O5S/c1-45-28-10-14-30-25(19-28)18-26(36(42)39-17-16-38-15-5-8-27(38)22-39)21-40-32-20-24(35(41)37-46(43,44)29-11-12-29)9-13-31(32)33(34(30)40)23-6-3-2-4-7-23/h9-10,13-14,18-20,23,27,29H,2-8,11-12,15-17,21-22H2,1H3,(H,37,41). The number of methoxy groups -OCH3 is 1. The van der Waals surface area contributed by atoms with Crippen LogP contribution in [-0.4, -0.2) is 79.2 Å². The van der Waals surface area contributed by atoms with E-state index in [2.05, 4.69) is 20.3 Å². The molecule has 4 heterocycles. The average molecular weight is 643 g/mol. The minimum Gasteiger partial charge on any atom is -0.497 e. The van der Waals surface area contributed by atoms with Crippen LogP contribution in [0.25, 0.3) is 28.2 Å². The number of nitrogens with zero attached hydrogens (tertiary/aromatic N) is 3. The smallest absolute Gasteiger partial charge is 0.264 e. The van der Waals surface area contributed by atoms with Gasteiger partial charge in [-0.05, 0) is 98.5 Å². The van der Waals surface area contributed by atoms with Crippen molar-refractivity contribution in [3.8, 4) is 17.0 Å². The van der Waals surface area contributed by atoms with Crippen LogP contribution in [0, 0.1) is 0 Å². The molecule has 1 unspecified atom stereocenters. The first-order valence-electron chi connectivity index (χ1n) is 16.9. The van der Waals surface area contributed by atoms with Gasteiger partial charge in [0.25, 0.3) is 11.8 Å². The molecule has 8 rings (SSSR count). The van der Waals surface area contributed by atoms with Gasteiger partial charge < -0.3 is 14.2 Å². The Labute approximate surface area is 270 Å². The summed E-state index contributed by atoms with van der Waals surface area (Å²) in [5.74, 6) is 0.535. The SMILES string of the molecule is COc1ccc2c(c1)C=C(C(=O)N1CCN3CCCC3C1)Cn1c-2c(C2CCCCC2)c2ccc(C(=O)NS(=O)(=O)C3CC3)cc21. The Bertz CT molecular complexity index is 1870. The zero-order chi connectivity index (χ0) is 31.6. The average Bonchev–Trinajstić information content (AvgIpc) is 3.80. The lowest BCUT2D eigenvalue weighted by atomic mass is 9.81. The van der Waals surface area contributed by atoms with E-state index in [0.29, 0.717) is 49.0 Å². The molecule has 3 aliphatic heterocycles. The Morgan fingerprint density at radius 1 is 0.913 bits per heavy atom. The van der Waals surface area contributed by atoms with Gasteiger partial charge in [-0.2, -0.15) is 0 Å². The third-order valence-electron chi connectivity index (χ3n) is 10.9. The number of nitrogens with one attached hydrogen (secondary N) is 1. The van der Waals surface area contributed by atoms with Gasteiger partial charge in [0.05, 0.1) is 24.6 Å². The van der Waals surface area contributed by atoms with Gasteiger partial charge in [-0.1, -0.05) is 25.3 Å². The van der Waals surface area contributed by atoms with Crippen molar-refractivity contribution in [1.29, 1.82) is 0 Å². The molecule has 2 saturated heterocycles. The first kappa shape index (κ1) is 29.8. The highest BCUT2D eigenvalue weighted by Crippen LogP contribution is 2.47. The number of carbonyl (C=O) groups excluding carboxylic acids is 2. The predicted molar refractivity (Wildman–Crippen MR) is 178 cm³/mol. The molecule has 0 radical (unpaired) electrons. The summed E-state index contributed by atoms with van der Waals surface area (Å²) >= 11 is 0. The highest BCUT2D eigenvalue weighted by molar-refractivity contribution is 7.91. The second kappa shape index (κ2) is 11.6. The predicted octanol–water partition coefficient (Wildman–Crippen LogP) is 5.29. The molecule has 242 valence electrons. The van der Waals surface area contributed by atoms with E-state index < -0.39 is 21.2 Å². The minimum atomic E-state index is -3.69. The monoisotopic (exact) mass is 642 g/mol. The third-order valence-corrected chi connectivity index (χ3v) is 12.7. The summed E-state index contributed by atoms with van der Waals surface area (Å²) in [7, 11) is -2.03. The van der Waals surface area contributed by atoms with Crippen molar-refractivity contribution in [1.82, 2.24) is 19.1 Å². The van der Waals surface area contributed by atoms with Crippen LogP contribution in [-0.2, 0) is 21.4 Å². The molecule has 5 aliphatic rings. The summed E-state index contributed by atoms with van der Waals surface area (Å²) in [5, 5.41) is 0.583. The van der Waals surface area contributed by atoms with E-state index in [4.69, 9.17) is 4.74 Å². The van der Waals surface area contributed by atoms with E-state index in [1.807, 2.05) is 35.2 Å².